The molecule has 0 bridgehead atoms. The number of carbonyl (C=O) groups excluding carboxylic acids is 2. The van der Waals surface area contributed by atoms with E-state index in [1.165, 1.54) is 5.56 Å². The van der Waals surface area contributed by atoms with Crippen LogP contribution in [-0.4, -0.2) is 39.9 Å². The Morgan fingerprint density at radius 1 is 1.00 bits per heavy atom. The van der Waals surface area contributed by atoms with Gasteiger partial charge >= 0.3 is 5.76 Å². The Bertz CT molecular complexity index is 917. The van der Waals surface area contributed by atoms with Gasteiger partial charge in [0.05, 0.1) is 0 Å². The Morgan fingerprint density at radius 2 is 1.66 bits per heavy atom. The lowest BCUT2D eigenvalue weighted by molar-refractivity contribution is -0.137. The number of hydrogen-bond acceptors (Lipinski definition) is 5. The van der Waals surface area contributed by atoms with Crippen LogP contribution in [0.5, 0.6) is 0 Å². The molecule has 0 atom stereocenters. The largest absolute Gasteiger partial charge is 0.438 e. The molecule has 1 aromatic heterocycles. The zero-order valence-electron chi connectivity index (χ0n) is 16.3. The van der Waals surface area contributed by atoms with Crippen molar-refractivity contribution in [1.29, 1.82) is 0 Å². The third kappa shape index (κ3) is 4.26. The van der Waals surface area contributed by atoms with Crippen molar-refractivity contribution in [3.05, 3.63) is 51.8 Å². The lowest BCUT2D eigenvalue weighted by atomic mass is 9.80. The van der Waals surface area contributed by atoms with Crippen LogP contribution in [0.25, 0.3) is 0 Å². The van der Waals surface area contributed by atoms with Gasteiger partial charge in [0.2, 0.25) is 11.8 Å². The van der Waals surface area contributed by atoms with Gasteiger partial charge in [-0.3, -0.25) is 19.1 Å². The van der Waals surface area contributed by atoms with Gasteiger partial charge in [-0.2, -0.15) is 0 Å². The molecular weight excluding hydrogens is 372 g/mol. The summed E-state index contributed by atoms with van der Waals surface area (Å²) in [5, 5.41) is 3.79. The first-order chi connectivity index (χ1) is 14.0. The number of piperidine rings is 1. The molecule has 0 unspecified atom stereocenters. The Morgan fingerprint density at radius 3 is 2.21 bits per heavy atom. The third-order valence-electron chi connectivity index (χ3n) is 6.39. The molecule has 0 spiro atoms. The SMILES string of the molecule is NC(=O)c1ccc(C2CCN(C(=O)C3CCC(c4noc(=O)[nH]4)CC3)CC2)cc1. The highest BCUT2D eigenvalue weighted by Crippen LogP contribution is 2.36. The molecule has 2 fully saturated rings. The molecule has 8 heteroatoms. The number of nitrogens with two attached hydrogens (primary N) is 1. The molecule has 2 aliphatic rings. The molecule has 4 rings (SSSR count). The molecular formula is C21H26N4O4. The van der Waals surface area contributed by atoms with Crippen LogP contribution in [0.1, 0.15) is 72.1 Å². The first-order valence-corrected chi connectivity index (χ1v) is 10.3. The van der Waals surface area contributed by atoms with Crippen molar-refractivity contribution in [1.82, 2.24) is 15.0 Å². The molecule has 8 nitrogen and oxygen atoms in total. The summed E-state index contributed by atoms with van der Waals surface area (Å²) in [4.78, 5) is 39.9. The fraction of sp³-hybridized carbons (Fsp3) is 0.524. The summed E-state index contributed by atoms with van der Waals surface area (Å²) in [6, 6.07) is 7.49. The topological polar surface area (TPSA) is 122 Å². The molecule has 29 heavy (non-hydrogen) atoms. The van der Waals surface area contributed by atoms with Crippen molar-refractivity contribution in [2.45, 2.75) is 50.4 Å². The maximum absolute atomic E-state index is 12.9. The van der Waals surface area contributed by atoms with Crippen molar-refractivity contribution in [2.24, 2.45) is 11.7 Å². The average molecular weight is 398 g/mol. The molecule has 2 amide bonds. The van der Waals surface area contributed by atoms with E-state index in [1.54, 1.807) is 12.1 Å². The summed E-state index contributed by atoms with van der Waals surface area (Å²) in [7, 11) is 0. The zero-order valence-corrected chi connectivity index (χ0v) is 16.3. The molecule has 1 aliphatic heterocycles. The van der Waals surface area contributed by atoms with Crippen molar-refractivity contribution in [3.63, 3.8) is 0 Å². The summed E-state index contributed by atoms with van der Waals surface area (Å²) < 4.78 is 4.59. The Labute approximate surface area is 168 Å². The minimum atomic E-state index is -0.523. The lowest BCUT2D eigenvalue weighted by Crippen LogP contribution is -2.42. The molecule has 1 saturated carbocycles. The van der Waals surface area contributed by atoms with Crippen LogP contribution in [0.2, 0.25) is 0 Å². The number of aromatic amines is 1. The minimum absolute atomic E-state index is 0.0521. The number of amides is 2. The zero-order chi connectivity index (χ0) is 20.4. The first-order valence-electron chi connectivity index (χ1n) is 10.3. The number of nitrogens with zero attached hydrogens (tertiary/aromatic N) is 2. The van der Waals surface area contributed by atoms with Crippen LogP contribution >= 0.6 is 0 Å². The predicted molar refractivity (Wildman–Crippen MR) is 105 cm³/mol. The average Bonchev–Trinajstić information content (AvgIpc) is 3.20. The molecule has 3 N–H and O–H groups in total. The summed E-state index contributed by atoms with van der Waals surface area (Å²) in [5.41, 5.74) is 7.02. The van der Waals surface area contributed by atoms with E-state index in [0.29, 0.717) is 17.3 Å². The van der Waals surface area contributed by atoms with Crippen molar-refractivity contribution in [2.75, 3.05) is 13.1 Å². The van der Waals surface area contributed by atoms with Gasteiger partial charge in [-0.1, -0.05) is 17.3 Å². The quantitative estimate of drug-likeness (QED) is 0.817. The van der Waals surface area contributed by atoms with Gasteiger partial charge in [-0.15, -0.1) is 0 Å². The van der Waals surface area contributed by atoms with Crippen molar-refractivity contribution in [3.8, 4) is 0 Å². The van der Waals surface area contributed by atoms with Gasteiger partial charge in [0.25, 0.3) is 0 Å². The smallest absolute Gasteiger partial charge is 0.366 e. The van der Waals surface area contributed by atoms with E-state index in [-0.39, 0.29) is 17.7 Å². The van der Waals surface area contributed by atoms with Gasteiger partial charge in [0, 0.05) is 30.5 Å². The number of likely N-dealkylation sites (tertiary alicyclic amines) is 1. The van der Waals surface area contributed by atoms with E-state index in [1.807, 2.05) is 17.0 Å². The number of H-pyrrole nitrogens is 1. The number of carbonyl (C=O) groups is 2. The fourth-order valence-electron chi connectivity index (χ4n) is 4.64. The van der Waals surface area contributed by atoms with E-state index in [0.717, 1.165) is 51.6 Å². The second-order valence-corrected chi connectivity index (χ2v) is 8.11. The lowest BCUT2D eigenvalue weighted by Gasteiger charge is -2.36. The number of hydrogen-bond donors (Lipinski definition) is 2. The summed E-state index contributed by atoms with van der Waals surface area (Å²) in [6.45, 7) is 1.52. The molecule has 1 saturated heterocycles. The monoisotopic (exact) mass is 398 g/mol. The highest BCUT2D eigenvalue weighted by Gasteiger charge is 2.33. The van der Waals surface area contributed by atoms with Crippen molar-refractivity contribution >= 4 is 11.8 Å². The van der Waals surface area contributed by atoms with Crippen LogP contribution in [0.15, 0.2) is 33.6 Å². The number of nitrogens with one attached hydrogen (secondary N) is 1. The summed E-state index contributed by atoms with van der Waals surface area (Å²) in [6.07, 6.45) is 5.15. The summed E-state index contributed by atoms with van der Waals surface area (Å²) in [5.74, 6) is 0.534. The van der Waals surface area contributed by atoms with E-state index in [9.17, 15) is 14.4 Å². The van der Waals surface area contributed by atoms with E-state index >= 15 is 0 Å². The molecule has 0 radical (unpaired) electrons. The highest BCUT2D eigenvalue weighted by molar-refractivity contribution is 5.92. The predicted octanol–water partition coefficient (Wildman–Crippen LogP) is 2.14. The number of benzene rings is 1. The van der Waals surface area contributed by atoms with E-state index in [4.69, 9.17) is 5.73 Å². The number of aromatic nitrogens is 2. The third-order valence-corrected chi connectivity index (χ3v) is 6.39. The van der Waals surface area contributed by atoms with Crippen LogP contribution < -0.4 is 11.5 Å². The highest BCUT2D eigenvalue weighted by atomic mass is 16.5. The van der Waals surface area contributed by atoms with Gasteiger partial charge in [-0.05, 0) is 62.1 Å². The van der Waals surface area contributed by atoms with Crippen molar-refractivity contribution < 1.29 is 14.1 Å². The molecule has 2 aromatic rings. The minimum Gasteiger partial charge on any atom is -0.366 e. The summed E-state index contributed by atoms with van der Waals surface area (Å²) >= 11 is 0. The molecule has 1 aliphatic carbocycles. The van der Waals surface area contributed by atoms with Gasteiger partial charge in [-0.25, -0.2) is 4.79 Å². The van der Waals surface area contributed by atoms with E-state index in [2.05, 4.69) is 14.7 Å². The van der Waals surface area contributed by atoms with Crippen LogP contribution in [0.3, 0.4) is 0 Å². The number of rotatable bonds is 4. The van der Waals surface area contributed by atoms with Crippen LogP contribution in [-0.2, 0) is 4.79 Å². The normalized spacial score (nSPS) is 23.1. The fourth-order valence-corrected chi connectivity index (χ4v) is 4.64. The standard InChI is InChI=1S/C21H26N4O4/c22-18(26)15-3-1-13(2-4-15)14-9-11-25(12-10-14)20(27)17-7-5-16(6-8-17)19-23-21(28)29-24-19/h1-4,14,16-17H,5-12H2,(H2,22,26)(H,23,24,28). The second-order valence-electron chi connectivity index (χ2n) is 8.11. The Balaban J connectivity index is 1.28. The van der Waals surface area contributed by atoms with Crippen LogP contribution in [0.4, 0.5) is 0 Å². The maximum atomic E-state index is 12.9. The van der Waals surface area contributed by atoms with Gasteiger partial charge in [0.15, 0.2) is 5.82 Å². The van der Waals surface area contributed by atoms with Gasteiger partial charge < -0.3 is 10.6 Å². The molecule has 154 valence electrons. The first kappa shape index (κ1) is 19.4. The number of primary amides is 1. The Kier molecular flexibility index (Phi) is 5.51. The maximum Gasteiger partial charge on any atom is 0.438 e. The van der Waals surface area contributed by atoms with E-state index < -0.39 is 11.7 Å². The second kappa shape index (κ2) is 8.23. The molecule has 2 heterocycles. The van der Waals surface area contributed by atoms with Gasteiger partial charge in [0.1, 0.15) is 0 Å². The molecule has 1 aromatic carbocycles. The Hall–Kier alpha value is -2.90. The van der Waals surface area contributed by atoms with Crippen LogP contribution in [0, 0.1) is 5.92 Å².